The Morgan fingerprint density at radius 1 is 1.11 bits per heavy atom. The smallest absolute Gasteiger partial charge is 0.231 e. The van der Waals surface area contributed by atoms with E-state index in [4.69, 9.17) is 14.2 Å². The Balaban J connectivity index is 0.00000225. The molecule has 2 aliphatic heterocycles. The number of ether oxygens (including phenoxy) is 3. The summed E-state index contributed by atoms with van der Waals surface area (Å²) in [4.78, 5) is 4.39. The molecular weight excluding hydrogens is 469 g/mol. The maximum absolute atomic E-state index is 6.11. The fraction of sp³-hybridized carbons (Fsp3) is 0.381. The number of nitrogens with zero attached hydrogens (tertiary/aromatic N) is 1. The predicted octanol–water partition coefficient (Wildman–Crippen LogP) is 4.00. The van der Waals surface area contributed by atoms with Gasteiger partial charge in [-0.25, -0.2) is 0 Å². The summed E-state index contributed by atoms with van der Waals surface area (Å²) in [7, 11) is 1.78. The van der Waals surface area contributed by atoms with E-state index in [2.05, 4.69) is 35.5 Å². The minimum atomic E-state index is -0.234. The fourth-order valence-corrected chi connectivity index (χ4v) is 3.53. The first-order valence-corrected chi connectivity index (χ1v) is 9.18. The lowest BCUT2D eigenvalue weighted by Crippen LogP contribution is -2.45. The Bertz CT molecular complexity index is 870. The van der Waals surface area contributed by atoms with Crippen LogP contribution in [0.4, 0.5) is 0 Å². The Morgan fingerprint density at radius 3 is 2.71 bits per heavy atom. The molecule has 2 aliphatic rings. The van der Waals surface area contributed by atoms with Crippen LogP contribution in [0.15, 0.2) is 47.5 Å². The summed E-state index contributed by atoms with van der Waals surface area (Å²) in [6, 6.07) is 14.3. The molecule has 1 atom stereocenters. The summed E-state index contributed by atoms with van der Waals surface area (Å²) in [6.45, 7) is 5.15. The lowest BCUT2D eigenvalue weighted by Gasteiger charge is -2.38. The minimum Gasteiger partial charge on any atom is -0.487 e. The van der Waals surface area contributed by atoms with Crippen molar-refractivity contribution in [3.63, 3.8) is 0 Å². The molecule has 0 fully saturated rings. The molecule has 2 aromatic rings. The van der Waals surface area contributed by atoms with Gasteiger partial charge in [0.1, 0.15) is 11.4 Å². The third-order valence-corrected chi connectivity index (χ3v) is 4.81. The molecule has 6 nitrogen and oxygen atoms in total. The number of hydrogen-bond donors (Lipinski definition) is 2. The van der Waals surface area contributed by atoms with Crippen LogP contribution in [0.1, 0.15) is 37.4 Å². The van der Waals surface area contributed by atoms with Crippen molar-refractivity contribution in [3.8, 4) is 17.2 Å². The molecule has 0 spiro atoms. The van der Waals surface area contributed by atoms with Gasteiger partial charge in [0.15, 0.2) is 17.5 Å². The highest BCUT2D eigenvalue weighted by Gasteiger charge is 2.33. The van der Waals surface area contributed by atoms with Crippen molar-refractivity contribution < 1.29 is 14.2 Å². The molecule has 0 saturated carbocycles. The van der Waals surface area contributed by atoms with Crippen LogP contribution in [0.5, 0.6) is 17.2 Å². The van der Waals surface area contributed by atoms with Crippen molar-refractivity contribution >= 4 is 29.9 Å². The Morgan fingerprint density at radius 2 is 1.89 bits per heavy atom. The second-order valence-corrected chi connectivity index (χ2v) is 7.41. The zero-order valence-electron chi connectivity index (χ0n) is 16.3. The third kappa shape index (κ3) is 4.45. The van der Waals surface area contributed by atoms with Gasteiger partial charge in [-0.1, -0.05) is 24.3 Å². The summed E-state index contributed by atoms with van der Waals surface area (Å²) >= 11 is 0. The van der Waals surface area contributed by atoms with Crippen LogP contribution in [0.2, 0.25) is 0 Å². The molecule has 0 bridgehead atoms. The van der Waals surface area contributed by atoms with Crippen LogP contribution < -0.4 is 24.8 Å². The zero-order valence-corrected chi connectivity index (χ0v) is 18.7. The Labute approximate surface area is 182 Å². The molecule has 28 heavy (non-hydrogen) atoms. The standard InChI is InChI=1S/C21H25N3O3.HI/c1-21(2)11-16(15-6-4-5-7-17(15)27-21)24-20(22-3)23-12-14-8-9-18-19(10-14)26-13-25-18;/h4-10,16H,11-13H2,1-3H3,(H2,22,23,24);1H. The largest absolute Gasteiger partial charge is 0.487 e. The highest BCUT2D eigenvalue weighted by molar-refractivity contribution is 14.0. The number of halogens is 1. The van der Waals surface area contributed by atoms with E-state index in [1.165, 1.54) is 0 Å². The lowest BCUT2D eigenvalue weighted by atomic mass is 9.90. The molecule has 4 rings (SSSR count). The number of nitrogens with one attached hydrogen (secondary N) is 2. The maximum atomic E-state index is 6.11. The van der Waals surface area contributed by atoms with E-state index in [0.29, 0.717) is 6.54 Å². The van der Waals surface area contributed by atoms with Gasteiger partial charge in [0.25, 0.3) is 0 Å². The quantitative estimate of drug-likeness (QED) is 0.383. The van der Waals surface area contributed by atoms with E-state index in [1.807, 2.05) is 36.4 Å². The molecule has 2 heterocycles. The van der Waals surface area contributed by atoms with Crippen molar-refractivity contribution in [1.29, 1.82) is 0 Å². The number of aliphatic imine (C=N–C) groups is 1. The fourth-order valence-electron chi connectivity index (χ4n) is 3.53. The van der Waals surface area contributed by atoms with Crippen LogP contribution in [-0.4, -0.2) is 25.4 Å². The van der Waals surface area contributed by atoms with E-state index in [-0.39, 0.29) is 42.4 Å². The van der Waals surface area contributed by atoms with Crippen molar-refractivity contribution in [2.45, 2.75) is 38.5 Å². The summed E-state index contributed by atoms with van der Waals surface area (Å²) in [6.07, 6.45) is 0.856. The number of benzene rings is 2. The van der Waals surface area contributed by atoms with Gasteiger partial charge in [-0.3, -0.25) is 4.99 Å². The monoisotopic (exact) mass is 495 g/mol. The SMILES string of the molecule is CN=C(NCc1ccc2c(c1)OCO2)NC1CC(C)(C)Oc2ccccc21.I. The first-order valence-electron chi connectivity index (χ1n) is 9.18. The van der Waals surface area contributed by atoms with Gasteiger partial charge < -0.3 is 24.8 Å². The summed E-state index contributed by atoms with van der Waals surface area (Å²) < 4.78 is 16.9. The number of fused-ring (bicyclic) bond motifs is 2. The molecule has 0 radical (unpaired) electrons. The van der Waals surface area contributed by atoms with Gasteiger partial charge in [-0.2, -0.15) is 0 Å². The number of guanidine groups is 1. The third-order valence-electron chi connectivity index (χ3n) is 4.81. The van der Waals surface area contributed by atoms with Crippen molar-refractivity contribution in [2.75, 3.05) is 13.8 Å². The van der Waals surface area contributed by atoms with Gasteiger partial charge in [0.2, 0.25) is 6.79 Å². The first-order chi connectivity index (χ1) is 13.0. The van der Waals surface area contributed by atoms with Crippen LogP contribution in [0.25, 0.3) is 0 Å². The van der Waals surface area contributed by atoms with E-state index in [0.717, 1.165) is 40.8 Å². The van der Waals surface area contributed by atoms with Crippen molar-refractivity contribution in [2.24, 2.45) is 4.99 Å². The number of para-hydroxylation sites is 1. The zero-order chi connectivity index (χ0) is 18.9. The topological polar surface area (TPSA) is 64.1 Å². The lowest BCUT2D eigenvalue weighted by molar-refractivity contribution is 0.0694. The van der Waals surface area contributed by atoms with E-state index >= 15 is 0 Å². The molecular formula is C21H26IN3O3. The highest BCUT2D eigenvalue weighted by atomic mass is 127. The highest BCUT2D eigenvalue weighted by Crippen LogP contribution is 2.39. The molecule has 150 valence electrons. The van der Waals surface area contributed by atoms with Crippen LogP contribution in [0.3, 0.4) is 0 Å². The van der Waals surface area contributed by atoms with Crippen molar-refractivity contribution in [3.05, 3.63) is 53.6 Å². The summed E-state index contributed by atoms with van der Waals surface area (Å²) in [5, 5.41) is 6.93. The predicted molar refractivity (Wildman–Crippen MR) is 120 cm³/mol. The Kier molecular flexibility index (Phi) is 6.22. The van der Waals surface area contributed by atoms with E-state index in [1.54, 1.807) is 7.05 Å². The van der Waals surface area contributed by atoms with Gasteiger partial charge in [0.05, 0.1) is 6.04 Å². The molecule has 0 aromatic heterocycles. The molecule has 1 unspecified atom stereocenters. The molecule has 2 N–H and O–H groups in total. The second kappa shape index (κ2) is 8.46. The Hall–Kier alpha value is -2.16. The summed E-state index contributed by atoms with van der Waals surface area (Å²) in [5.74, 6) is 3.27. The molecule has 0 aliphatic carbocycles. The molecule has 0 amide bonds. The van der Waals surface area contributed by atoms with Gasteiger partial charge >= 0.3 is 0 Å². The van der Waals surface area contributed by atoms with E-state index in [9.17, 15) is 0 Å². The van der Waals surface area contributed by atoms with Crippen LogP contribution in [-0.2, 0) is 6.54 Å². The average molecular weight is 495 g/mol. The normalized spacial score (nSPS) is 19.1. The first kappa shape index (κ1) is 20.6. The van der Waals surface area contributed by atoms with Gasteiger partial charge in [-0.15, -0.1) is 24.0 Å². The molecule has 0 saturated heterocycles. The van der Waals surface area contributed by atoms with Crippen molar-refractivity contribution in [1.82, 2.24) is 10.6 Å². The molecule has 7 heteroatoms. The minimum absolute atomic E-state index is 0. The maximum Gasteiger partial charge on any atom is 0.231 e. The van der Waals surface area contributed by atoms with Crippen LogP contribution in [0, 0.1) is 0 Å². The second-order valence-electron chi connectivity index (χ2n) is 7.41. The summed E-state index contributed by atoms with van der Waals surface area (Å²) in [5.41, 5.74) is 2.03. The van der Waals surface area contributed by atoms with Gasteiger partial charge in [-0.05, 0) is 37.6 Å². The van der Waals surface area contributed by atoms with Crippen LogP contribution >= 0.6 is 24.0 Å². The average Bonchev–Trinajstić information content (AvgIpc) is 3.12. The molecule has 2 aromatic carbocycles. The number of hydrogen-bond acceptors (Lipinski definition) is 4. The van der Waals surface area contributed by atoms with E-state index < -0.39 is 0 Å². The van der Waals surface area contributed by atoms with Gasteiger partial charge in [0, 0.05) is 25.6 Å². The number of rotatable bonds is 3.